The molecule has 0 spiro atoms. The molecular weight excluding hydrogens is 705 g/mol. The number of rotatable bonds is 0. The van der Waals surface area contributed by atoms with Gasteiger partial charge in [-0.3, -0.25) is 0 Å². The smallest absolute Gasteiger partial charge is 0.124 e. The van der Waals surface area contributed by atoms with Gasteiger partial charge in [-0.15, -0.1) is 11.1 Å². The van der Waals surface area contributed by atoms with Crippen molar-refractivity contribution in [2.45, 2.75) is 155 Å². The summed E-state index contributed by atoms with van der Waals surface area (Å²) in [7, 11) is -4.80. The zero-order chi connectivity index (χ0) is 41.7. The van der Waals surface area contributed by atoms with Gasteiger partial charge < -0.3 is 0 Å². The van der Waals surface area contributed by atoms with E-state index in [1.54, 1.807) is 0 Å². The third-order valence-electron chi connectivity index (χ3n) is 13.3. The van der Waals surface area contributed by atoms with Crippen LogP contribution in [0.3, 0.4) is 0 Å². The van der Waals surface area contributed by atoms with E-state index < -0.39 is 16.1 Å². The maximum atomic E-state index is 4.27. The summed E-state index contributed by atoms with van der Waals surface area (Å²) in [5.74, 6) is 8.20. The Balaban J connectivity index is 1.91. The van der Waals surface area contributed by atoms with Gasteiger partial charge in [0.1, 0.15) is 0 Å². The van der Waals surface area contributed by atoms with Crippen LogP contribution in [0.15, 0.2) is 84.9 Å². The predicted octanol–water partition coefficient (Wildman–Crippen LogP) is 16.9. The number of fused-ring (bicyclic) bond motifs is 5. The van der Waals surface area contributed by atoms with E-state index in [1.165, 1.54) is 53.9 Å². The largest absolute Gasteiger partial charge is 0.154 e. The van der Waals surface area contributed by atoms with E-state index in [2.05, 4.69) is 232 Å². The highest BCUT2D eigenvalue weighted by Gasteiger charge is 2.60. The molecule has 56 heavy (non-hydrogen) atoms. The summed E-state index contributed by atoms with van der Waals surface area (Å²) in [6, 6.07) is 32.0. The molecule has 0 N–H and O–H groups in total. The van der Waals surface area contributed by atoms with E-state index in [0.717, 1.165) is 11.1 Å². The highest BCUT2D eigenvalue weighted by Crippen LogP contribution is 2.63. The van der Waals surface area contributed by atoms with Gasteiger partial charge in [-0.25, -0.2) is 0 Å². The summed E-state index contributed by atoms with van der Waals surface area (Å²) in [4.78, 5) is 0. The van der Waals surface area contributed by atoms with Gasteiger partial charge in [0.05, 0.1) is 0 Å². The third kappa shape index (κ3) is 6.54. The van der Waals surface area contributed by atoms with Crippen LogP contribution in [0.5, 0.6) is 0 Å². The molecule has 0 fully saturated rings. The first-order valence-corrected chi connectivity index (χ1v) is 24.9. The number of hydrogen-bond donors (Lipinski definition) is 0. The molecule has 0 aromatic heterocycles. The Morgan fingerprint density at radius 3 is 0.750 bits per heavy atom. The highest BCUT2D eigenvalue weighted by atomic mass is 28.3. The first-order valence-electron chi connectivity index (χ1n) is 20.9. The van der Waals surface area contributed by atoms with Gasteiger partial charge in [-0.1, -0.05) is 185 Å². The molecule has 0 radical (unpaired) electrons. The van der Waals surface area contributed by atoms with Crippen molar-refractivity contribution in [3.63, 3.8) is 0 Å². The van der Waals surface area contributed by atoms with E-state index in [0.29, 0.717) is 0 Å². The SMILES string of the molecule is CC(C)(C)[Si](C#Cc1c2cc3ccccc3cc2c(C#C[Si](C(C)(C)C)(C(C)(C)C)C(C)(C)C)c2cc3cc4ccccc4cc3cc12)(C(C)(C)C)C(C)(C)C. The summed E-state index contributed by atoms with van der Waals surface area (Å²) in [6.45, 7) is 44.0. The van der Waals surface area contributed by atoms with Crippen molar-refractivity contribution in [3.8, 4) is 22.9 Å². The van der Waals surface area contributed by atoms with E-state index >= 15 is 0 Å². The van der Waals surface area contributed by atoms with Crippen LogP contribution in [0.2, 0.25) is 30.2 Å². The molecule has 0 aliphatic carbocycles. The maximum Gasteiger partial charge on any atom is 0.154 e. The van der Waals surface area contributed by atoms with Crippen LogP contribution in [0.4, 0.5) is 0 Å². The lowest BCUT2D eigenvalue weighted by Gasteiger charge is -2.55. The van der Waals surface area contributed by atoms with Gasteiger partial charge in [0.2, 0.25) is 0 Å². The Labute approximate surface area is 342 Å². The van der Waals surface area contributed by atoms with Crippen LogP contribution >= 0.6 is 0 Å². The number of hydrogen-bond acceptors (Lipinski definition) is 0. The Morgan fingerprint density at radius 2 is 0.518 bits per heavy atom. The summed E-state index contributed by atoms with van der Waals surface area (Å²) >= 11 is 0. The minimum Gasteiger partial charge on any atom is -0.124 e. The van der Waals surface area contributed by atoms with Crippen molar-refractivity contribution in [1.82, 2.24) is 0 Å². The zero-order valence-corrected chi connectivity index (χ0v) is 40.1. The standard InChI is InChI=1S/C54H68Si2/c1-49(2,3)55(50(4,5)6,51(7,8)9)29-27-43-45-33-39-25-21-22-26-40(39)34-46(45)44(28-30-56(52(10,11)12,53(13,14)15)54(16,17)18)48-36-42-32-38-24-20-19-23-37(38)31-41(42)35-47(43)48/h19-26,31-36H,1-18H3. The normalized spacial score (nSPS) is 14.0. The summed E-state index contributed by atoms with van der Waals surface area (Å²) in [6.07, 6.45) is 0. The molecule has 0 heterocycles. The Kier molecular flexibility index (Phi) is 9.98. The second-order valence-electron chi connectivity index (χ2n) is 22.9. The minimum absolute atomic E-state index is 0.0483. The molecule has 0 saturated heterocycles. The zero-order valence-electron chi connectivity index (χ0n) is 38.1. The summed E-state index contributed by atoms with van der Waals surface area (Å²) in [5, 5.41) is 12.6. The van der Waals surface area contributed by atoms with E-state index in [-0.39, 0.29) is 30.2 Å². The monoisotopic (exact) mass is 772 g/mol. The van der Waals surface area contributed by atoms with Crippen LogP contribution in [-0.4, -0.2) is 16.1 Å². The van der Waals surface area contributed by atoms with Crippen LogP contribution in [0, 0.1) is 22.9 Å². The maximum absolute atomic E-state index is 4.27. The van der Waals surface area contributed by atoms with Crippen LogP contribution < -0.4 is 0 Å². The van der Waals surface area contributed by atoms with Crippen LogP contribution in [0.1, 0.15) is 136 Å². The summed E-state index contributed by atoms with van der Waals surface area (Å²) in [5.41, 5.74) is 10.8. The van der Waals surface area contributed by atoms with Gasteiger partial charge in [0.15, 0.2) is 16.1 Å². The Hall–Kier alpha value is -3.83. The molecule has 6 aromatic rings. The van der Waals surface area contributed by atoms with Crippen molar-refractivity contribution < 1.29 is 0 Å². The number of benzene rings is 6. The van der Waals surface area contributed by atoms with E-state index in [1.807, 2.05) is 0 Å². The molecule has 0 unspecified atom stereocenters. The van der Waals surface area contributed by atoms with Crippen molar-refractivity contribution >= 4 is 70.0 Å². The van der Waals surface area contributed by atoms with Crippen LogP contribution in [-0.2, 0) is 0 Å². The second-order valence-corrected chi connectivity index (χ2v) is 35.4. The van der Waals surface area contributed by atoms with Crippen molar-refractivity contribution in [1.29, 1.82) is 0 Å². The first kappa shape index (κ1) is 41.8. The Morgan fingerprint density at radius 1 is 0.304 bits per heavy atom. The molecule has 0 amide bonds. The predicted molar refractivity (Wildman–Crippen MR) is 258 cm³/mol. The molecule has 6 aromatic carbocycles. The molecule has 0 saturated carbocycles. The topological polar surface area (TPSA) is 0 Å². The lowest BCUT2D eigenvalue weighted by atomic mass is 9.88. The van der Waals surface area contributed by atoms with Crippen molar-refractivity contribution in [2.24, 2.45) is 0 Å². The van der Waals surface area contributed by atoms with Gasteiger partial charge in [-0.2, -0.15) is 0 Å². The molecule has 2 heteroatoms. The molecule has 0 atom stereocenters. The second kappa shape index (κ2) is 13.4. The van der Waals surface area contributed by atoms with Gasteiger partial charge in [0, 0.05) is 11.1 Å². The summed E-state index contributed by atoms with van der Waals surface area (Å²) < 4.78 is 0. The van der Waals surface area contributed by atoms with E-state index in [4.69, 9.17) is 0 Å². The van der Waals surface area contributed by atoms with Gasteiger partial charge in [0.25, 0.3) is 0 Å². The molecule has 0 aliphatic heterocycles. The van der Waals surface area contributed by atoms with Crippen molar-refractivity contribution in [3.05, 3.63) is 96.1 Å². The fourth-order valence-electron chi connectivity index (χ4n) is 12.8. The lowest BCUT2D eigenvalue weighted by Crippen LogP contribution is -2.57. The average Bonchev–Trinajstić information content (AvgIpc) is 3.03. The van der Waals surface area contributed by atoms with Crippen LogP contribution in [0.25, 0.3) is 53.9 Å². The van der Waals surface area contributed by atoms with E-state index in [9.17, 15) is 0 Å². The first-order chi connectivity index (χ1) is 25.6. The molecule has 0 nitrogen and oxygen atoms in total. The molecular formula is C54H68Si2. The minimum atomic E-state index is -2.40. The molecule has 0 aliphatic rings. The Bertz CT molecular complexity index is 2380. The fraction of sp³-hybridized carbons (Fsp3) is 0.444. The average molecular weight is 773 g/mol. The fourth-order valence-corrected chi connectivity index (χ4v) is 29.2. The molecule has 0 bridgehead atoms. The highest BCUT2D eigenvalue weighted by molar-refractivity contribution is 6.95. The third-order valence-corrected chi connectivity index (χ3v) is 27.8. The lowest BCUT2D eigenvalue weighted by molar-refractivity contribution is 0.548. The molecule has 6 rings (SSSR count). The van der Waals surface area contributed by atoms with Gasteiger partial charge in [-0.05, 0) is 120 Å². The molecule has 292 valence electrons. The van der Waals surface area contributed by atoms with Gasteiger partial charge >= 0.3 is 0 Å². The van der Waals surface area contributed by atoms with Crippen molar-refractivity contribution in [2.75, 3.05) is 0 Å². The quantitative estimate of drug-likeness (QED) is 0.0819.